The number of phosphoric acid groups is 4. The van der Waals surface area contributed by atoms with Crippen molar-refractivity contribution in [3.8, 4) is 0 Å². The van der Waals surface area contributed by atoms with Crippen LogP contribution in [0.25, 0.3) is 0 Å². The highest BCUT2D eigenvalue weighted by atomic mass is 31.3. The summed E-state index contributed by atoms with van der Waals surface area (Å²) in [5, 5.41) is 0. The van der Waals surface area contributed by atoms with Crippen molar-refractivity contribution in [1.82, 2.24) is 0 Å². The Balaban J connectivity index is 0. The van der Waals surface area contributed by atoms with Crippen LogP contribution >= 0.6 is 31.3 Å². The summed E-state index contributed by atoms with van der Waals surface area (Å²) in [6.07, 6.45) is 1.96. The molecule has 2 unspecified atom stereocenters. The van der Waals surface area contributed by atoms with Crippen LogP contribution in [0.3, 0.4) is 0 Å². The predicted molar refractivity (Wildman–Crippen MR) is 96.7 cm³/mol. The van der Waals surface area contributed by atoms with Crippen LogP contribution in [0.2, 0.25) is 0 Å². The molecule has 0 saturated heterocycles. The number of allylic oxidation sites excluding steroid dienone is 1. The Morgan fingerprint density at radius 3 is 1.54 bits per heavy atom. The van der Waals surface area contributed by atoms with E-state index in [1.165, 1.54) is 6.08 Å². The zero-order chi connectivity index (χ0) is 22.8. The number of phosphoric ester groups is 2. The van der Waals surface area contributed by atoms with Gasteiger partial charge >= 0.3 is 31.3 Å². The van der Waals surface area contributed by atoms with E-state index in [2.05, 4.69) is 17.7 Å². The Morgan fingerprint density at radius 2 is 1.21 bits per heavy atom. The molecule has 0 aliphatic heterocycles. The summed E-state index contributed by atoms with van der Waals surface area (Å²) in [6, 6.07) is 0. The Hall–Kier alpha value is 0.260. The van der Waals surface area contributed by atoms with Crippen LogP contribution in [0.4, 0.5) is 0 Å². The molecule has 0 aromatic rings. The second kappa shape index (κ2) is 12.8. The topological polar surface area (TPSA) is 227 Å². The average molecular weight is 494 g/mol. The highest BCUT2D eigenvalue weighted by Crippen LogP contribution is 2.58. The molecule has 0 aliphatic carbocycles. The quantitative estimate of drug-likeness (QED) is 0.179. The maximum atomic E-state index is 10.8. The van der Waals surface area contributed by atoms with Gasteiger partial charge in [0.05, 0.1) is 13.2 Å². The van der Waals surface area contributed by atoms with Crippen molar-refractivity contribution in [3.05, 3.63) is 11.6 Å². The van der Waals surface area contributed by atoms with E-state index in [4.69, 9.17) is 29.4 Å². The first-order chi connectivity index (χ1) is 12.2. The van der Waals surface area contributed by atoms with Crippen molar-refractivity contribution in [3.63, 3.8) is 0 Å². The van der Waals surface area contributed by atoms with E-state index in [9.17, 15) is 18.3 Å². The number of hydrogen-bond acceptors (Lipinski definition) is 8. The molecule has 14 nitrogen and oxygen atoms in total. The van der Waals surface area contributed by atoms with Crippen LogP contribution in [-0.2, 0) is 35.9 Å². The van der Waals surface area contributed by atoms with Crippen molar-refractivity contribution < 1.29 is 65.3 Å². The fourth-order valence-electron chi connectivity index (χ4n) is 1.02. The second-order valence-electron chi connectivity index (χ2n) is 5.67. The summed E-state index contributed by atoms with van der Waals surface area (Å²) in [6.45, 7) is 6.86. The van der Waals surface area contributed by atoms with E-state index in [0.717, 1.165) is 5.57 Å². The van der Waals surface area contributed by atoms with Gasteiger partial charge in [-0.3, -0.25) is 9.05 Å². The monoisotopic (exact) mass is 494 g/mol. The smallest absolute Gasteiger partial charge is 0.302 e. The normalized spacial score (nSPS) is 16.5. The van der Waals surface area contributed by atoms with Crippen molar-refractivity contribution in [1.29, 1.82) is 0 Å². The molecule has 6 N–H and O–H groups in total. The standard InChI is InChI=1S/C5H14O7P2.C5H12O7P2/c2*1-5(2)3-4-11-14(9,10)12-13(6,7)8/h5H,3-4H2,1-2H3,(H,9,10)(H2,6,7,8);3H,4H2,1-2H3,(H,9,10)(H2,6,7,8). The van der Waals surface area contributed by atoms with Gasteiger partial charge < -0.3 is 29.4 Å². The summed E-state index contributed by atoms with van der Waals surface area (Å²) in [7, 11) is -19.3. The fourth-order valence-corrected chi connectivity index (χ4v) is 4.14. The maximum Gasteiger partial charge on any atom is 0.481 e. The lowest BCUT2D eigenvalue weighted by molar-refractivity contribution is 0.171. The summed E-state index contributed by atoms with van der Waals surface area (Å²) in [5.74, 6) is 0.255. The van der Waals surface area contributed by atoms with Crippen LogP contribution in [0.15, 0.2) is 11.6 Å². The predicted octanol–water partition coefficient (Wildman–Crippen LogP) is 2.44. The number of rotatable bonds is 11. The summed E-state index contributed by atoms with van der Waals surface area (Å²) >= 11 is 0. The molecule has 28 heavy (non-hydrogen) atoms. The maximum absolute atomic E-state index is 10.8. The van der Waals surface area contributed by atoms with Crippen LogP contribution in [0.1, 0.15) is 34.1 Å². The largest absolute Gasteiger partial charge is 0.481 e. The molecule has 2 atom stereocenters. The third-order valence-corrected chi connectivity index (χ3v) is 6.43. The molecule has 170 valence electrons. The highest BCUT2D eigenvalue weighted by molar-refractivity contribution is 7.61. The molecular formula is C10H26O14P4. The lowest BCUT2D eigenvalue weighted by Crippen LogP contribution is -1.99. The van der Waals surface area contributed by atoms with E-state index in [1.54, 1.807) is 13.8 Å². The van der Waals surface area contributed by atoms with Gasteiger partial charge in [-0.2, -0.15) is 8.62 Å². The first kappa shape index (κ1) is 30.5. The molecule has 18 heteroatoms. The van der Waals surface area contributed by atoms with Gasteiger partial charge in [0.15, 0.2) is 0 Å². The van der Waals surface area contributed by atoms with E-state index < -0.39 is 31.3 Å². The SMILES string of the molecule is CC(C)=CCOP(=O)(O)OP(=O)(O)O.CC(C)CCOP(=O)(O)OP(=O)(O)O. The Labute approximate surface area is 162 Å². The zero-order valence-corrected chi connectivity index (χ0v) is 19.1. The van der Waals surface area contributed by atoms with Gasteiger partial charge in [0.2, 0.25) is 0 Å². The van der Waals surface area contributed by atoms with Crippen molar-refractivity contribution in [2.75, 3.05) is 13.2 Å². The number of hydrogen-bond donors (Lipinski definition) is 6. The third-order valence-electron chi connectivity index (χ3n) is 2.10. The molecule has 0 aromatic carbocycles. The van der Waals surface area contributed by atoms with Crippen LogP contribution in [0, 0.1) is 5.92 Å². The van der Waals surface area contributed by atoms with Crippen molar-refractivity contribution in [2.45, 2.75) is 34.1 Å². The summed E-state index contributed by atoms with van der Waals surface area (Å²) in [4.78, 5) is 50.5. The highest BCUT2D eigenvalue weighted by Gasteiger charge is 2.32. The molecule has 0 amide bonds. The van der Waals surface area contributed by atoms with Crippen molar-refractivity contribution in [2.24, 2.45) is 5.92 Å². The van der Waals surface area contributed by atoms with Crippen molar-refractivity contribution >= 4 is 31.3 Å². The molecule has 0 aliphatic rings. The molecule has 0 spiro atoms. The van der Waals surface area contributed by atoms with Gasteiger partial charge in [-0.1, -0.05) is 25.5 Å². The Kier molecular flexibility index (Phi) is 14.0. The van der Waals surface area contributed by atoms with Gasteiger partial charge in [0.1, 0.15) is 0 Å². The molecular weight excluding hydrogens is 468 g/mol. The summed E-state index contributed by atoms with van der Waals surface area (Å²) < 4.78 is 57.7. The molecule has 0 saturated carbocycles. The van der Waals surface area contributed by atoms with Gasteiger partial charge in [-0.15, -0.1) is 0 Å². The van der Waals surface area contributed by atoms with Crippen LogP contribution in [-0.4, -0.2) is 42.6 Å². The Bertz CT molecular complexity index is 672. The minimum absolute atomic E-state index is 0.0918. The second-order valence-corrected chi connectivity index (χ2v) is 11.3. The van der Waals surface area contributed by atoms with E-state index in [0.29, 0.717) is 6.42 Å². The van der Waals surface area contributed by atoms with Gasteiger partial charge in [0.25, 0.3) is 0 Å². The molecule has 0 heterocycles. The molecule has 0 rings (SSSR count). The minimum atomic E-state index is -5.01. The zero-order valence-electron chi connectivity index (χ0n) is 15.5. The van der Waals surface area contributed by atoms with Gasteiger partial charge in [0, 0.05) is 0 Å². The fraction of sp³-hybridized carbons (Fsp3) is 0.800. The molecule has 0 radical (unpaired) electrons. The third kappa shape index (κ3) is 24.3. The average Bonchev–Trinajstić information content (AvgIpc) is 2.31. The van der Waals surface area contributed by atoms with E-state index >= 15 is 0 Å². The van der Waals surface area contributed by atoms with Gasteiger partial charge in [-0.25, -0.2) is 18.3 Å². The van der Waals surface area contributed by atoms with Gasteiger partial charge in [-0.05, 0) is 26.2 Å². The van der Waals surface area contributed by atoms with Crippen LogP contribution < -0.4 is 0 Å². The van der Waals surface area contributed by atoms with E-state index in [-0.39, 0.29) is 19.1 Å². The lowest BCUT2D eigenvalue weighted by atomic mass is 10.2. The first-order valence-electron chi connectivity index (χ1n) is 7.36. The van der Waals surface area contributed by atoms with Crippen LogP contribution in [0.5, 0.6) is 0 Å². The minimum Gasteiger partial charge on any atom is -0.302 e. The molecule has 0 fully saturated rings. The molecule has 0 bridgehead atoms. The molecule has 0 aromatic heterocycles. The summed E-state index contributed by atoms with van der Waals surface area (Å²) in [5.41, 5.74) is 0.834. The van der Waals surface area contributed by atoms with E-state index in [1.807, 2.05) is 13.8 Å². The first-order valence-corrected chi connectivity index (χ1v) is 13.4. The lowest BCUT2D eigenvalue weighted by Gasteiger charge is -2.12. The Morgan fingerprint density at radius 1 is 0.821 bits per heavy atom.